The van der Waals surface area contributed by atoms with E-state index in [1.807, 2.05) is 39.0 Å². The summed E-state index contributed by atoms with van der Waals surface area (Å²) in [4.78, 5) is 27.1. The summed E-state index contributed by atoms with van der Waals surface area (Å²) in [5.74, 6) is -0.535. The lowest BCUT2D eigenvalue weighted by atomic mass is 9.86. The number of nitrogens with one attached hydrogen (secondary N) is 1. The molecule has 0 bridgehead atoms. The first-order valence-electron chi connectivity index (χ1n) is 11.8. The Morgan fingerprint density at radius 1 is 1.18 bits per heavy atom. The second-order valence-corrected chi connectivity index (χ2v) is 11.8. The lowest BCUT2D eigenvalue weighted by Gasteiger charge is -2.31. The van der Waals surface area contributed by atoms with Crippen LogP contribution in [0.25, 0.3) is 0 Å². The minimum atomic E-state index is -3.78. The molecule has 1 saturated heterocycles. The van der Waals surface area contributed by atoms with Crippen molar-refractivity contribution in [1.29, 1.82) is 0 Å². The van der Waals surface area contributed by atoms with Crippen molar-refractivity contribution >= 4 is 27.5 Å². The van der Waals surface area contributed by atoms with Gasteiger partial charge >= 0.3 is 0 Å². The van der Waals surface area contributed by atoms with Crippen LogP contribution >= 0.6 is 0 Å². The number of nitrogens with zero attached hydrogens (tertiary/aromatic N) is 2. The fraction of sp³-hybridized carbons (Fsp3) is 0.462. The van der Waals surface area contributed by atoms with Crippen LogP contribution < -0.4 is 10.2 Å². The summed E-state index contributed by atoms with van der Waals surface area (Å²) < 4.78 is 28.3. The minimum Gasteiger partial charge on any atom is -0.355 e. The molecular formula is C26H33N3O4S. The van der Waals surface area contributed by atoms with Gasteiger partial charge in [-0.3, -0.25) is 9.59 Å². The maximum absolute atomic E-state index is 13.5. The number of carbonyl (C=O) groups excluding carboxylic acids is 2. The van der Waals surface area contributed by atoms with E-state index in [1.165, 1.54) is 9.87 Å². The molecule has 2 aromatic carbocycles. The number of rotatable bonds is 6. The van der Waals surface area contributed by atoms with Gasteiger partial charge in [0, 0.05) is 32.4 Å². The number of benzene rings is 2. The smallest absolute Gasteiger partial charge is 0.243 e. The molecule has 0 radical (unpaired) electrons. The molecule has 0 aliphatic carbocycles. The number of anilines is 1. The molecule has 2 amide bonds. The van der Waals surface area contributed by atoms with E-state index in [4.69, 9.17) is 0 Å². The third-order valence-corrected chi connectivity index (χ3v) is 8.89. The monoisotopic (exact) mass is 483 g/mol. The van der Waals surface area contributed by atoms with Gasteiger partial charge in [0.2, 0.25) is 21.8 Å². The number of sulfonamides is 1. The van der Waals surface area contributed by atoms with Crippen molar-refractivity contribution < 1.29 is 18.0 Å². The Labute approximate surface area is 202 Å². The van der Waals surface area contributed by atoms with Crippen LogP contribution in [-0.2, 0) is 31.4 Å². The molecule has 7 nitrogen and oxygen atoms in total. The molecule has 0 spiro atoms. The van der Waals surface area contributed by atoms with Gasteiger partial charge in [0.25, 0.3) is 0 Å². The van der Waals surface area contributed by atoms with Crippen molar-refractivity contribution in [2.75, 3.05) is 31.6 Å². The lowest BCUT2D eigenvalue weighted by Crippen LogP contribution is -2.45. The van der Waals surface area contributed by atoms with Crippen molar-refractivity contribution in [3.63, 3.8) is 0 Å². The van der Waals surface area contributed by atoms with Gasteiger partial charge < -0.3 is 10.2 Å². The van der Waals surface area contributed by atoms with Gasteiger partial charge in [-0.25, -0.2) is 8.42 Å². The zero-order valence-electron chi connectivity index (χ0n) is 20.3. The number of hydrogen-bond acceptors (Lipinski definition) is 4. The molecule has 2 aliphatic rings. The first-order chi connectivity index (χ1) is 16.0. The highest BCUT2D eigenvalue weighted by atomic mass is 32.2. The molecule has 0 aromatic heterocycles. The highest BCUT2D eigenvalue weighted by Crippen LogP contribution is 2.42. The molecule has 2 heterocycles. The Kier molecular flexibility index (Phi) is 6.57. The Balaban J connectivity index is 1.44. The van der Waals surface area contributed by atoms with E-state index < -0.39 is 15.4 Å². The summed E-state index contributed by atoms with van der Waals surface area (Å²) in [7, 11) is -2.07. The van der Waals surface area contributed by atoms with Gasteiger partial charge in [0.15, 0.2) is 0 Å². The van der Waals surface area contributed by atoms with Crippen LogP contribution in [0.15, 0.2) is 47.4 Å². The fourth-order valence-electron chi connectivity index (χ4n) is 4.98. The van der Waals surface area contributed by atoms with Crippen LogP contribution in [0.4, 0.5) is 5.69 Å². The van der Waals surface area contributed by atoms with E-state index in [2.05, 4.69) is 11.4 Å². The van der Waals surface area contributed by atoms with Gasteiger partial charge in [-0.2, -0.15) is 4.31 Å². The van der Waals surface area contributed by atoms with Gasteiger partial charge in [0.05, 0.1) is 16.2 Å². The quantitative estimate of drug-likeness (QED) is 0.684. The van der Waals surface area contributed by atoms with E-state index in [0.29, 0.717) is 31.5 Å². The van der Waals surface area contributed by atoms with Gasteiger partial charge in [0.1, 0.15) is 0 Å². The second-order valence-electron chi connectivity index (χ2n) is 9.90. The molecule has 1 unspecified atom stereocenters. The lowest BCUT2D eigenvalue weighted by molar-refractivity contribution is -0.126. The number of likely N-dealkylation sites (N-methyl/N-ethyl adjacent to an activating group) is 1. The highest BCUT2D eigenvalue weighted by molar-refractivity contribution is 7.89. The van der Waals surface area contributed by atoms with Crippen molar-refractivity contribution in [1.82, 2.24) is 9.62 Å². The number of piperidine rings is 1. The fourth-order valence-corrected chi connectivity index (χ4v) is 6.53. The predicted octanol–water partition coefficient (Wildman–Crippen LogP) is 3.01. The summed E-state index contributed by atoms with van der Waals surface area (Å²) in [6, 6.07) is 13.1. The van der Waals surface area contributed by atoms with Gasteiger partial charge in [-0.05, 0) is 69.4 Å². The standard InChI is InChI=1S/C26H33N3O4S/c1-18-7-5-8-19(15-18)12-13-27-24(30)20-9-6-14-29(17-20)34(32,33)21-10-11-23-22(16-21)26(2,3)25(31)28(23)4/h5,7-8,10-11,15-16,20H,6,9,12-14,17H2,1-4H3,(H,27,30). The van der Waals surface area contributed by atoms with Gasteiger partial charge in [-0.1, -0.05) is 29.8 Å². The summed E-state index contributed by atoms with van der Waals surface area (Å²) in [6.07, 6.45) is 2.03. The van der Waals surface area contributed by atoms with E-state index in [-0.39, 0.29) is 29.2 Å². The molecule has 8 heteroatoms. The van der Waals surface area contributed by atoms with E-state index in [1.54, 1.807) is 30.1 Å². The molecule has 1 N–H and O–H groups in total. The summed E-state index contributed by atoms with van der Waals surface area (Å²) >= 11 is 0. The molecule has 182 valence electrons. The second kappa shape index (κ2) is 9.15. The zero-order valence-corrected chi connectivity index (χ0v) is 21.1. The van der Waals surface area contributed by atoms with Gasteiger partial charge in [-0.15, -0.1) is 0 Å². The first-order valence-corrected chi connectivity index (χ1v) is 13.2. The normalized spacial score (nSPS) is 20.3. The Hall–Kier alpha value is -2.71. The maximum atomic E-state index is 13.5. The zero-order chi connectivity index (χ0) is 24.7. The molecule has 34 heavy (non-hydrogen) atoms. The third kappa shape index (κ3) is 4.49. The largest absolute Gasteiger partial charge is 0.355 e. The Bertz CT molecular complexity index is 1220. The van der Waals surface area contributed by atoms with Crippen molar-refractivity contribution in [3.05, 3.63) is 59.2 Å². The Morgan fingerprint density at radius 3 is 2.68 bits per heavy atom. The maximum Gasteiger partial charge on any atom is 0.243 e. The third-order valence-electron chi connectivity index (χ3n) is 7.03. The summed E-state index contributed by atoms with van der Waals surface area (Å²) in [5.41, 5.74) is 3.01. The molecule has 1 atom stereocenters. The average molecular weight is 484 g/mol. The van der Waals surface area contributed by atoms with Crippen LogP contribution in [-0.4, -0.2) is 51.2 Å². The molecule has 2 aliphatic heterocycles. The SMILES string of the molecule is Cc1cccc(CCNC(=O)C2CCCN(S(=O)(=O)c3ccc4c(c3)C(C)(C)C(=O)N4C)C2)c1. The Morgan fingerprint density at radius 2 is 1.94 bits per heavy atom. The van der Waals surface area contributed by atoms with E-state index in [9.17, 15) is 18.0 Å². The minimum absolute atomic E-state index is 0.0579. The average Bonchev–Trinajstić information content (AvgIpc) is 2.99. The summed E-state index contributed by atoms with van der Waals surface area (Å²) in [5, 5.41) is 2.98. The highest BCUT2D eigenvalue weighted by Gasteiger charge is 2.43. The molecular weight excluding hydrogens is 450 g/mol. The van der Waals surface area contributed by atoms with Crippen molar-refractivity contribution in [2.24, 2.45) is 5.92 Å². The topological polar surface area (TPSA) is 86.8 Å². The number of aryl methyl sites for hydroxylation is 1. The molecule has 4 rings (SSSR count). The number of hydrogen-bond donors (Lipinski definition) is 1. The first kappa shape index (κ1) is 24.4. The van der Waals surface area contributed by atoms with Crippen LogP contribution in [0.2, 0.25) is 0 Å². The number of amides is 2. The van der Waals surface area contributed by atoms with Crippen molar-refractivity contribution in [2.45, 2.75) is 50.3 Å². The van der Waals surface area contributed by atoms with Crippen LogP contribution in [0, 0.1) is 12.8 Å². The van der Waals surface area contributed by atoms with Crippen LogP contribution in [0.1, 0.15) is 43.4 Å². The number of carbonyl (C=O) groups is 2. The van der Waals surface area contributed by atoms with Crippen molar-refractivity contribution in [3.8, 4) is 0 Å². The molecule has 1 fully saturated rings. The van der Waals surface area contributed by atoms with Crippen LogP contribution in [0.3, 0.4) is 0 Å². The van der Waals surface area contributed by atoms with Crippen LogP contribution in [0.5, 0.6) is 0 Å². The summed E-state index contributed by atoms with van der Waals surface area (Å²) in [6.45, 7) is 6.73. The molecule has 2 aromatic rings. The van der Waals surface area contributed by atoms with E-state index in [0.717, 1.165) is 17.7 Å². The van der Waals surface area contributed by atoms with E-state index >= 15 is 0 Å². The predicted molar refractivity (Wildman–Crippen MR) is 132 cm³/mol. The molecule has 0 saturated carbocycles. The number of fused-ring (bicyclic) bond motifs is 1.